The molecule has 1 amide bonds. The number of aliphatic carboxylic acids is 1. The van der Waals surface area contributed by atoms with Gasteiger partial charge in [0, 0.05) is 24.1 Å². The first-order valence-electron chi connectivity index (χ1n) is 12.2. The van der Waals surface area contributed by atoms with Gasteiger partial charge in [0.15, 0.2) is 16.6 Å². The van der Waals surface area contributed by atoms with Crippen LogP contribution in [-0.2, 0) is 29.2 Å². The number of benzene rings is 3. The molecule has 0 unspecified atom stereocenters. The molecule has 3 aromatic carbocycles. The van der Waals surface area contributed by atoms with E-state index < -0.39 is 24.0 Å². The lowest BCUT2D eigenvalue weighted by atomic mass is 9.91. The fourth-order valence-corrected chi connectivity index (χ4v) is 5.20. The molecule has 0 aliphatic carbocycles. The Morgan fingerprint density at radius 2 is 1.74 bits per heavy atom. The largest absolute Gasteiger partial charge is 0.493 e. The summed E-state index contributed by atoms with van der Waals surface area (Å²) in [6.45, 7) is 0.409. The van der Waals surface area contributed by atoms with Crippen LogP contribution >= 0.6 is 11.3 Å². The molecule has 8 heteroatoms. The van der Waals surface area contributed by atoms with Gasteiger partial charge in [-0.1, -0.05) is 66.7 Å². The molecule has 1 N–H and O–H groups in total. The number of hydrogen-bond donors (Lipinski definition) is 1. The molecule has 0 radical (unpaired) electrons. The van der Waals surface area contributed by atoms with E-state index in [0.29, 0.717) is 28.7 Å². The molecular formula is C30H27NO6S. The van der Waals surface area contributed by atoms with Crippen molar-refractivity contribution in [3.8, 4) is 16.6 Å². The topological polar surface area (TPSA) is 85.3 Å². The van der Waals surface area contributed by atoms with Gasteiger partial charge in [0.2, 0.25) is 6.10 Å². The van der Waals surface area contributed by atoms with Crippen molar-refractivity contribution in [3.05, 3.63) is 113 Å². The van der Waals surface area contributed by atoms with E-state index in [4.69, 9.17) is 14.2 Å². The zero-order chi connectivity index (χ0) is 26.5. The lowest BCUT2D eigenvalue weighted by Gasteiger charge is -2.37. The van der Waals surface area contributed by atoms with Gasteiger partial charge in [-0.25, -0.2) is 4.79 Å². The van der Waals surface area contributed by atoms with Crippen LogP contribution in [0.3, 0.4) is 0 Å². The second-order valence-corrected chi connectivity index (χ2v) is 9.78. The van der Waals surface area contributed by atoms with Crippen molar-refractivity contribution < 1.29 is 28.9 Å². The van der Waals surface area contributed by atoms with Crippen molar-refractivity contribution in [3.63, 3.8) is 0 Å². The molecule has 1 aliphatic heterocycles. The third kappa shape index (κ3) is 5.35. The van der Waals surface area contributed by atoms with E-state index in [2.05, 4.69) is 0 Å². The highest BCUT2D eigenvalue weighted by molar-refractivity contribution is 7.11. The summed E-state index contributed by atoms with van der Waals surface area (Å²) in [7, 11) is 1.55. The number of rotatable bonds is 9. The Bertz CT molecular complexity index is 1390. The number of methoxy groups -OCH3 is 1. The van der Waals surface area contributed by atoms with Crippen LogP contribution in [0.15, 0.2) is 90.3 Å². The van der Waals surface area contributed by atoms with Crippen molar-refractivity contribution in [1.82, 2.24) is 4.90 Å². The smallest absolute Gasteiger partial charge is 0.326 e. The zero-order valence-corrected chi connectivity index (χ0v) is 21.6. The molecule has 7 nitrogen and oxygen atoms in total. The van der Waals surface area contributed by atoms with E-state index in [1.165, 1.54) is 16.2 Å². The maximum Gasteiger partial charge on any atom is 0.326 e. The molecule has 0 fully saturated rings. The van der Waals surface area contributed by atoms with Crippen molar-refractivity contribution in [1.29, 1.82) is 0 Å². The molecule has 0 spiro atoms. The van der Waals surface area contributed by atoms with Crippen molar-refractivity contribution >= 4 is 23.2 Å². The fourth-order valence-electron chi connectivity index (χ4n) is 4.60. The fraction of sp³-hybridized carbons (Fsp3) is 0.200. The van der Waals surface area contributed by atoms with Gasteiger partial charge in [-0.2, -0.15) is 0 Å². The van der Waals surface area contributed by atoms with E-state index >= 15 is 0 Å². The van der Waals surface area contributed by atoms with Gasteiger partial charge in [0.25, 0.3) is 5.91 Å². The Kier molecular flexibility index (Phi) is 7.60. The van der Waals surface area contributed by atoms with Gasteiger partial charge in [0.1, 0.15) is 12.6 Å². The standard InChI is InChI=1S/C30H27NO6S/c1-35-25-15-14-22-18-31(29(32)27(21-11-6-3-7-12-21)37-26-13-8-16-38-26)24(30(33)34)17-23(22)28(25)36-19-20-9-4-2-5-10-20/h2-16,24,27H,17-19H2,1H3,(H,33,34)/t24-,27+/m1/s1. The van der Waals surface area contributed by atoms with Gasteiger partial charge in [-0.05, 0) is 34.7 Å². The van der Waals surface area contributed by atoms with Crippen molar-refractivity contribution in [2.75, 3.05) is 7.11 Å². The van der Waals surface area contributed by atoms with Crippen LogP contribution in [0.4, 0.5) is 0 Å². The van der Waals surface area contributed by atoms with E-state index in [1.54, 1.807) is 19.2 Å². The van der Waals surface area contributed by atoms with E-state index in [0.717, 1.165) is 16.7 Å². The second-order valence-electron chi connectivity index (χ2n) is 8.87. The van der Waals surface area contributed by atoms with E-state index in [-0.39, 0.29) is 13.0 Å². The molecule has 0 saturated carbocycles. The normalized spacial score (nSPS) is 15.3. The Morgan fingerprint density at radius 1 is 1.00 bits per heavy atom. The molecule has 2 atom stereocenters. The molecule has 194 valence electrons. The number of carboxylic acid groups (broad SMARTS) is 1. The Labute approximate surface area is 224 Å². The average molecular weight is 530 g/mol. The highest BCUT2D eigenvalue weighted by Crippen LogP contribution is 2.40. The first kappa shape index (κ1) is 25.4. The van der Waals surface area contributed by atoms with Gasteiger partial charge in [-0.15, -0.1) is 11.3 Å². The summed E-state index contributed by atoms with van der Waals surface area (Å²) < 4.78 is 17.8. The third-order valence-electron chi connectivity index (χ3n) is 6.51. The summed E-state index contributed by atoms with van der Waals surface area (Å²) in [5.74, 6) is -0.484. The summed E-state index contributed by atoms with van der Waals surface area (Å²) in [4.78, 5) is 27.8. The first-order valence-corrected chi connectivity index (χ1v) is 13.1. The van der Waals surface area contributed by atoms with E-state index in [1.807, 2.05) is 78.2 Å². The summed E-state index contributed by atoms with van der Waals surface area (Å²) in [5.41, 5.74) is 3.17. The van der Waals surface area contributed by atoms with Crippen LogP contribution in [0, 0.1) is 0 Å². The van der Waals surface area contributed by atoms with Gasteiger partial charge in [-0.3, -0.25) is 4.79 Å². The van der Waals surface area contributed by atoms with Crippen molar-refractivity contribution in [2.45, 2.75) is 31.7 Å². The number of ether oxygens (including phenoxy) is 3. The highest BCUT2D eigenvalue weighted by Gasteiger charge is 2.40. The Hall–Kier alpha value is -4.30. The van der Waals surface area contributed by atoms with Crippen LogP contribution in [0.2, 0.25) is 0 Å². The SMILES string of the molecule is COc1ccc2c(c1OCc1ccccc1)C[C@H](C(=O)O)N(C(=O)[C@@H](Oc1cccs1)c1ccccc1)C2. The minimum Gasteiger partial charge on any atom is -0.493 e. The molecule has 38 heavy (non-hydrogen) atoms. The van der Waals surface area contributed by atoms with Crippen molar-refractivity contribution in [2.24, 2.45) is 0 Å². The van der Waals surface area contributed by atoms with Gasteiger partial charge >= 0.3 is 5.97 Å². The van der Waals surface area contributed by atoms with Gasteiger partial charge in [0.05, 0.1) is 7.11 Å². The Balaban J connectivity index is 1.48. The summed E-state index contributed by atoms with van der Waals surface area (Å²) in [6.07, 6.45) is -0.900. The van der Waals surface area contributed by atoms with Crippen LogP contribution in [-0.4, -0.2) is 35.0 Å². The molecule has 5 rings (SSSR count). The quantitative estimate of drug-likeness (QED) is 0.309. The lowest BCUT2D eigenvalue weighted by Crippen LogP contribution is -2.51. The maximum absolute atomic E-state index is 14.0. The first-order chi connectivity index (χ1) is 18.5. The summed E-state index contributed by atoms with van der Waals surface area (Å²) >= 11 is 1.38. The number of thiophene rings is 1. The number of amides is 1. The molecular weight excluding hydrogens is 502 g/mol. The van der Waals surface area contributed by atoms with Gasteiger partial charge < -0.3 is 24.2 Å². The molecule has 0 saturated heterocycles. The van der Waals surface area contributed by atoms with Crippen LogP contribution in [0.5, 0.6) is 16.6 Å². The predicted molar refractivity (Wildman–Crippen MR) is 144 cm³/mol. The molecule has 2 heterocycles. The number of carboxylic acids is 1. The second kappa shape index (κ2) is 11.4. The monoisotopic (exact) mass is 529 g/mol. The maximum atomic E-state index is 14.0. The predicted octanol–water partition coefficient (Wildman–Crippen LogP) is 5.49. The summed E-state index contributed by atoms with van der Waals surface area (Å²) in [5, 5.41) is 12.7. The number of fused-ring (bicyclic) bond motifs is 1. The number of carbonyl (C=O) groups excluding carboxylic acids is 1. The molecule has 1 aromatic heterocycles. The highest BCUT2D eigenvalue weighted by atomic mass is 32.1. The Morgan fingerprint density at radius 3 is 2.39 bits per heavy atom. The number of hydrogen-bond acceptors (Lipinski definition) is 6. The van der Waals surface area contributed by atoms with Crippen LogP contribution in [0.1, 0.15) is 28.4 Å². The average Bonchev–Trinajstić information content (AvgIpc) is 3.48. The summed E-state index contributed by atoms with van der Waals surface area (Å²) in [6, 6.07) is 25.0. The van der Waals surface area contributed by atoms with Crippen LogP contribution < -0.4 is 14.2 Å². The molecule has 4 aromatic rings. The third-order valence-corrected chi connectivity index (χ3v) is 7.26. The number of nitrogens with zero attached hydrogens (tertiary/aromatic N) is 1. The minimum absolute atomic E-state index is 0.0816. The van der Waals surface area contributed by atoms with Crippen LogP contribution in [0.25, 0.3) is 0 Å². The molecule has 1 aliphatic rings. The lowest BCUT2D eigenvalue weighted by molar-refractivity contribution is -0.155. The number of carbonyl (C=O) groups is 2. The van der Waals surface area contributed by atoms with E-state index in [9.17, 15) is 14.7 Å². The minimum atomic E-state index is -1.10. The molecule has 0 bridgehead atoms. The zero-order valence-electron chi connectivity index (χ0n) is 20.8.